The van der Waals surface area contributed by atoms with Crippen LogP contribution in [0.15, 0.2) is 41.3 Å². The second-order valence-corrected chi connectivity index (χ2v) is 8.40. The Kier molecular flexibility index (Phi) is 5.27. The Morgan fingerprint density at radius 1 is 1.22 bits per heavy atom. The van der Waals surface area contributed by atoms with Crippen molar-refractivity contribution in [3.05, 3.63) is 42.0 Å². The summed E-state index contributed by atoms with van der Waals surface area (Å²) in [5.74, 6) is 4.27. The highest BCUT2D eigenvalue weighted by Crippen LogP contribution is 2.41. The smallest absolute Gasteiger partial charge is 0.356 e. The third kappa shape index (κ3) is 4.15. The van der Waals surface area contributed by atoms with Crippen molar-refractivity contribution in [3.8, 4) is 5.75 Å². The van der Waals surface area contributed by atoms with Crippen molar-refractivity contribution in [3.63, 3.8) is 0 Å². The normalized spacial score (nSPS) is 22.1. The van der Waals surface area contributed by atoms with Crippen LogP contribution in [0.3, 0.4) is 0 Å². The van der Waals surface area contributed by atoms with Gasteiger partial charge in [0.15, 0.2) is 5.75 Å². The molecule has 8 nitrogen and oxygen atoms in total. The molecule has 1 aliphatic heterocycles. The van der Waals surface area contributed by atoms with Gasteiger partial charge in [0.25, 0.3) is 0 Å². The van der Waals surface area contributed by atoms with Crippen molar-refractivity contribution in [2.75, 3.05) is 18.0 Å². The van der Waals surface area contributed by atoms with E-state index < -0.39 is 21.6 Å². The van der Waals surface area contributed by atoms with Crippen LogP contribution in [0, 0.1) is 0 Å². The minimum Gasteiger partial charge on any atom is -0.480 e. The lowest BCUT2D eigenvalue weighted by atomic mass is 9.97. The number of carbonyl (C=O) groups is 1. The van der Waals surface area contributed by atoms with E-state index in [1.807, 2.05) is 36.1 Å². The molecule has 0 radical (unpaired) electrons. The molecule has 1 aromatic carbocycles. The molecule has 4 N–H and O–H groups in total. The van der Waals surface area contributed by atoms with Crippen LogP contribution >= 0.6 is 0 Å². The third-order valence-electron chi connectivity index (χ3n) is 4.69. The summed E-state index contributed by atoms with van der Waals surface area (Å²) in [5.41, 5.74) is -0.248. The van der Waals surface area contributed by atoms with Gasteiger partial charge in [-0.3, -0.25) is 0 Å². The van der Waals surface area contributed by atoms with E-state index in [0.29, 0.717) is 25.2 Å². The van der Waals surface area contributed by atoms with Crippen molar-refractivity contribution >= 4 is 21.7 Å². The summed E-state index contributed by atoms with van der Waals surface area (Å²) >= 11 is 0. The van der Waals surface area contributed by atoms with Crippen LogP contribution in [0.25, 0.3) is 0 Å². The highest BCUT2D eigenvalue weighted by atomic mass is 32.2. The van der Waals surface area contributed by atoms with E-state index >= 15 is 0 Å². The summed E-state index contributed by atoms with van der Waals surface area (Å²) in [6.45, 7) is 3.29. The zero-order chi connectivity index (χ0) is 19.7. The molecule has 146 valence electrons. The maximum Gasteiger partial charge on any atom is 0.356 e. The molecule has 0 aromatic heterocycles. The van der Waals surface area contributed by atoms with Gasteiger partial charge in [-0.05, 0) is 38.0 Å². The molecule has 1 atom stereocenters. The number of sulfonamides is 1. The predicted octanol–water partition coefficient (Wildman–Crippen LogP) is 1.62. The molecule has 1 saturated heterocycles. The molecule has 1 aliphatic carbocycles. The number of nitrogens with two attached hydrogens (primary N) is 2. The highest BCUT2D eigenvalue weighted by Gasteiger charge is 2.32. The van der Waals surface area contributed by atoms with Crippen molar-refractivity contribution in [1.82, 2.24) is 0 Å². The topological polar surface area (TPSA) is 125 Å². The summed E-state index contributed by atoms with van der Waals surface area (Å²) in [6.07, 6.45) is 10.0. The van der Waals surface area contributed by atoms with Crippen LogP contribution in [0.2, 0.25) is 0 Å². The highest BCUT2D eigenvalue weighted by molar-refractivity contribution is 7.89. The summed E-state index contributed by atoms with van der Waals surface area (Å²) in [7, 11) is -4.17. The van der Waals surface area contributed by atoms with Crippen LogP contribution in [0.5, 0.6) is 5.75 Å². The molecular formula is C18H23N3O5S. The summed E-state index contributed by atoms with van der Waals surface area (Å²) < 4.78 is 30.8. The standard InChI is InChI=1S/C18H23N3O5S/c1-18(7-3-2-4-8-18)25-16-14(21-9-5-6-10-21)11-13(17(22)26-19)12-15(16)27(20,23)24/h2-4,7,11-12H,5-6,8-10,19H2,1H3,(H2,20,23,24). The number of anilines is 1. The minimum absolute atomic E-state index is 0.00000940. The Hall–Kier alpha value is -2.36. The van der Waals surface area contributed by atoms with Crippen LogP contribution in [0.1, 0.15) is 36.5 Å². The van der Waals surface area contributed by atoms with E-state index in [1.165, 1.54) is 6.07 Å². The van der Waals surface area contributed by atoms with Gasteiger partial charge in [-0.2, -0.15) is 5.90 Å². The second-order valence-electron chi connectivity index (χ2n) is 6.87. The van der Waals surface area contributed by atoms with Gasteiger partial charge in [-0.15, -0.1) is 0 Å². The van der Waals surface area contributed by atoms with Crippen LogP contribution in [-0.2, 0) is 14.9 Å². The number of nitrogens with zero attached hydrogens (tertiary/aromatic N) is 1. The van der Waals surface area contributed by atoms with E-state index in [2.05, 4.69) is 4.84 Å². The van der Waals surface area contributed by atoms with E-state index in [1.54, 1.807) is 0 Å². The molecule has 0 saturated carbocycles. The summed E-state index contributed by atoms with van der Waals surface area (Å²) in [5, 5.41) is 5.44. The Morgan fingerprint density at radius 3 is 2.48 bits per heavy atom. The number of carbonyl (C=O) groups excluding carboxylic acids is 1. The third-order valence-corrected chi connectivity index (χ3v) is 5.60. The zero-order valence-electron chi connectivity index (χ0n) is 15.1. The molecule has 0 bridgehead atoms. The van der Waals surface area contributed by atoms with Crippen LogP contribution < -0.4 is 20.7 Å². The number of benzene rings is 1. The fraction of sp³-hybridized carbons (Fsp3) is 0.389. The maximum absolute atomic E-state index is 12.3. The molecule has 0 amide bonds. The average molecular weight is 393 g/mol. The Labute approximate surface area is 158 Å². The fourth-order valence-electron chi connectivity index (χ4n) is 3.30. The largest absolute Gasteiger partial charge is 0.480 e. The van der Waals surface area contributed by atoms with E-state index in [9.17, 15) is 13.2 Å². The van der Waals surface area contributed by atoms with Gasteiger partial charge in [0, 0.05) is 19.5 Å². The zero-order valence-corrected chi connectivity index (χ0v) is 15.9. The molecule has 0 spiro atoms. The maximum atomic E-state index is 12.3. The molecule has 9 heteroatoms. The summed E-state index contributed by atoms with van der Waals surface area (Å²) in [4.78, 5) is 17.9. The quantitative estimate of drug-likeness (QED) is 0.728. The van der Waals surface area contributed by atoms with Crippen LogP contribution in [-0.4, -0.2) is 33.1 Å². The average Bonchev–Trinajstić information content (AvgIpc) is 3.15. The lowest BCUT2D eigenvalue weighted by molar-refractivity contribution is 0.0503. The lowest BCUT2D eigenvalue weighted by Crippen LogP contribution is -2.33. The number of primary sulfonamides is 1. The van der Waals surface area contributed by atoms with Crippen LogP contribution in [0.4, 0.5) is 5.69 Å². The summed E-state index contributed by atoms with van der Waals surface area (Å²) in [6, 6.07) is 2.68. The van der Waals surface area contributed by atoms with E-state index in [-0.39, 0.29) is 16.2 Å². The number of ether oxygens (including phenoxy) is 1. The predicted molar refractivity (Wildman–Crippen MR) is 101 cm³/mol. The molecule has 3 rings (SSSR count). The van der Waals surface area contributed by atoms with Gasteiger partial charge in [0.05, 0.1) is 11.3 Å². The monoisotopic (exact) mass is 393 g/mol. The number of hydrogen-bond donors (Lipinski definition) is 2. The van der Waals surface area contributed by atoms with E-state index in [0.717, 1.165) is 18.9 Å². The molecule has 1 unspecified atom stereocenters. The molecule has 2 aliphatic rings. The number of allylic oxidation sites excluding steroid dienone is 2. The molecule has 1 aromatic rings. The van der Waals surface area contributed by atoms with Gasteiger partial charge in [-0.25, -0.2) is 18.4 Å². The first kappa shape index (κ1) is 19.4. The van der Waals surface area contributed by atoms with Crippen molar-refractivity contribution in [2.45, 2.75) is 36.7 Å². The van der Waals surface area contributed by atoms with Crippen molar-refractivity contribution in [1.29, 1.82) is 0 Å². The van der Waals surface area contributed by atoms with Gasteiger partial charge in [0.1, 0.15) is 10.5 Å². The van der Waals surface area contributed by atoms with Gasteiger partial charge < -0.3 is 14.5 Å². The van der Waals surface area contributed by atoms with Gasteiger partial charge in [0.2, 0.25) is 10.0 Å². The number of hydrogen-bond acceptors (Lipinski definition) is 7. The molecular weight excluding hydrogens is 370 g/mol. The van der Waals surface area contributed by atoms with E-state index in [4.69, 9.17) is 15.8 Å². The van der Waals surface area contributed by atoms with Gasteiger partial charge in [-0.1, -0.05) is 18.2 Å². The van der Waals surface area contributed by atoms with Crippen molar-refractivity contribution < 1.29 is 22.8 Å². The Morgan fingerprint density at radius 2 is 1.93 bits per heavy atom. The second kappa shape index (κ2) is 7.34. The van der Waals surface area contributed by atoms with Crippen molar-refractivity contribution in [2.24, 2.45) is 11.0 Å². The Bertz CT molecular complexity index is 904. The molecule has 27 heavy (non-hydrogen) atoms. The first-order valence-corrected chi connectivity index (χ1v) is 10.2. The SMILES string of the molecule is CC1(Oc2c(N3CCCC3)cc(C(=O)ON)cc2S(N)(=O)=O)C=CC=CC1. The molecule has 1 fully saturated rings. The fourth-order valence-corrected chi connectivity index (χ4v) is 3.99. The minimum atomic E-state index is -4.17. The lowest BCUT2D eigenvalue weighted by Gasteiger charge is -2.32. The number of rotatable bonds is 5. The Balaban J connectivity index is 2.19. The first-order valence-electron chi connectivity index (χ1n) is 8.64. The van der Waals surface area contributed by atoms with Gasteiger partial charge >= 0.3 is 5.97 Å². The molecule has 1 heterocycles. The first-order chi connectivity index (χ1) is 12.7.